The molecule has 0 fully saturated rings. The molecule has 0 aliphatic carbocycles. The second-order valence-electron chi connectivity index (χ2n) is 4.88. The molecule has 2 aromatic rings. The largest absolute Gasteiger partial charge is 0.496 e. The van der Waals surface area contributed by atoms with Crippen LogP contribution >= 0.6 is 0 Å². The van der Waals surface area contributed by atoms with Gasteiger partial charge >= 0.3 is 0 Å². The first-order valence-corrected chi connectivity index (χ1v) is 6.82. The number of methoxy groups -OCH3 is 1. The summed E-state index contributed by atoms with van der Waals surface area (Å²) in [5, 5.41) is 4.35. The molecule has 3 N–H and O–H groups in total. The maximum atomic E-state index is 5.74. The van der Waals surface area contributed by atoms with E-state index in [1.54, 1.807) is 7.11 Å². The molecule has 0 radical (unpaired) electrons. The molecule has 0 saturated heterocycles. The second-order valence-corrected chi connectivity index (χ2v) is 4.88. The van der Waals surface area contributed by atoms with Crippen molar-refractivity contribution >= 4 is 0 Å². The Balaban J connectivity index is 2.35. The molecule has 1 heterocycles. The van der Waals surface area contributed by atoms with Crippen LogP contribution in [0.4, 0.5) is 0 Å². The van der Waals surface area contributed by atoms with Crippen LogP contribution in [0.1, 0.15) is 36.1 Å². The summed E-state index contributed by atoms with van der Waals surface area (Å²) in [7, 11) is 1.67. The number of rotatable bonds is 6. The number of hydrogen-bond acceptors (Lipinski definition) is 4. The van der Waals surface area contributed by atoms with Crippen LogP contribution in [0.3, 0.4) is 0 Å². The van der Waals surface area contributed by atoms with E-state index in [9.17, 15) is 0 Å². The molecule has 108 valence electrons. The van der Waals surface area contributed by atoms with Gasteiger partial charge in [-0.3, -0.25) is 10.5 Å². The highest BCUT2D eigenvalue weighted by molar-refractivity contribution is 5.43. The number of nitrogens with one attached hydrogen (secondary N) is 1. The van der Waals surface area contributed by atoms with Gasteiger partial charge in [0.05, 0.1) is 19.3 Å². The highest BCUT2D eigenvalue weighted by atomic mass is 16.5. The Kier molecular flexibility index (Phi) is 4.76. The number of aromatic nitrogens is 2. The van der Waals surface area contributed by atoms with E-state index in [2.05, 4.69) is 23.5 Å². The van der Waals surface area contributed by atoms with Crippen molar-refractivity contribution in [1.29, 1.82) is 0 Å². The zero-order valence-electron chi connectivity index (χ0n) is 12.3. The van der Waals surface area contributed by atoms with E-state index in [1.165, 1.54) is 0 Å². The average Bonchev–Trinajstić information content (AvgIpc) is 2.90. The van der Waals surface area contributed by atoms with Gasteiger partial charge in [0.15, 0.2) is 0 Å². The van der Waals surface area contributed by atoms with Crippen LogP contribution in [0.25, 0.3) is 0 Å². The van der Waals surface area contributed by atoms with Crippen molar-refractivity contribution in [2.75, 3.05) is 7.11 Å². The summed E-state index contributed by atoms with van der Waals surface area (Å²) < 4.78 is 7.39. The van der Waals surface area contributed by atoms with Crippen molar-refractivity contribution in [3.63, 3.8) is 0 Å². The van der Waals surface area contributed by atoms with Gasteiger partial charge in [-0.25, -0.2) is 5.43 Å². The summed E-state index contributed by atoms with van der Waals surface area (Å²) in [6, 6.07) is 5.97. The molecule has 1 unspecified atom stereocenters. The van der Waals surface area contributed by atoms with Crippen molar-refractivity contribution < 1.29 is 4.74 Å². The minimum absolute atomic E-state index is 0.129. The number of hydrazine groups is 1. The molecule has 5 nitrogen and oxygen atoms in total. The molecule has 0 aliphatic rings. The number of benzene rings is 1. The summed E-state index contributed by atoms with van der Waals surface area (Å²) in [6.45, 7) is 5.07. The van der Waals surface area contributed by atoms with E-state index in [0.717, 1.165) is 35.4 Å². The Hall–Kier alpha value is -1.85. The second kappa shape index (κ2) is 6.54. The minimum atomic E-state index is -0.129. The number of hydrogen-bond donors (Lipinski definition) is 2. The first-order chi connectivity index (χ1) is 9.69. The van der Waals surface area contributed by atoms with Crippen molar-refractivity contribution in [2.45, 2.75) is 32.9 Å². The highest BCUT2D eigenvalue weighted by Gasteiger charge is 2.18. The van der Waals surface area contributed by atoms with Gasteiger partial charge in [0.1, 0.15) is 5.75 Å². The van der Waals surface area contributed by atoms with Gasteiger partial charge in [-0.05, 0) is 25.0 Å². The number of ether oxygens (including phenoxy) is 1. The number of aryl methyl sites for hydroxylation is 2. The fraction of sp³-hybridized carbons (Fsp3) is 0.400. The molecule has 0 saturated carbocycles. The monoisotopic (exact) mass is 274 g/mol. The van der Waals surface area contributed by atoms with Crippen LogP contribution in [0, 0.1) is 6.92 Å². The smallest absolute Gasteiger partial charge is 0.124 e. The molecule has 0 amide bonds. The number of nitrogens with two attached hydrogens (primary N) is 1. The summed E-state index contributed by atoms with van der Waals surface area (Å²) >= 11 is 0. The zero-order valence-corrected chi connectivity index (χ0v) is 12.3. The predicted octanol–water partition coefficient (Wildman–Crippen LogP) is 2.16. The molecule has 1 aromatic carbocycles. The van der Waals surface area contributed by atoms with E-state index >= 15 is 0 Å². The third kappa shape index (κ3) is 3.00. The predicted molar refractivity (Wildman–Crippen MR) is 79.4 cm³/mol. The Morgan fingerprint density at radius 3 is 2.90 bits per heavy atom. The summed E-state index contributed by atoms with van der Waals surface area (Å²) in [5.41, 5.74) is 6.05. The van der Waals surface area contributed by atoms with Gasteiger partial charge in [0, 0.05) is 23.9 Å². The molecule has 0 spiro atoms. The molecule has 20 heavy (non-hydrogen) atoms. The average molecular weight is 274 g/mol. The summed E-state index contributed by atoms with van der Waals surface area (Å²) in [5.74, 6) is 6.57. The molecule has 0 aliphatic heterocycles. The van der Waals surface area contributed by atoms with Crippen molar-refractivity contribution in [2.24, 2.45) is 5.84 Å². The SMILES string of the molecule is CCCn1cc(C(NN)c2ccc(C)cc2OC)cn1. The van der Waals surface area contributed by atoms with Gasteiger partial charge in [0.25, 0.3) is 0 Å². The topological polar surface area (TPSA) is 65.1 Å². The third-order valence-corrected chi connectivity index (χ3v) is 3.31. The molecule has 1 aromatic heterocycles. The standard InChI is InChI=1S/C15H22N4O/c1-4-7-19-10-12(9-17-19)15(18-16)13-6-5-11(2)8-14(13)20-3/h5-6,8-10,15,18H,4,7,16H2,1-3H3. The van der Waals surface area contributed by atoms with Crippen LogP contribution in [-0.4, -0.2) is 16.9 Å². The number of nitrogens with zero attached hydrogens (tertiary/aromatic N) is 2. The van der Waals surface area contributed by atoms with E-state index in [0.29, 0.717) is 0 Å². The summed E-state index contributed by atoms with van der Waals surface area (Å²) in [6.07, 6.45) is 4.92. The van der Waals surface area contributed by atoms with Gasteiger partial charge in [0.2, 0.25) is 0 Å². The molecule has 1 atom stereocenters. The van der Waals surface area contributed by atoms with Crippen LogP contribution in [0.5, 0.6) is 5.75 Å². The van der Waals surface area contributed by atoms with Gasteiger partial charge < -0.3 is 4.74 Å². The van der Waals surface area contributed by atoms with E-state index in [-0.39, 0.29) is 6.04 Å². The van der Waals surface area contributed by atoms with Gasteiger partial charge in [-0.15, -0.1) is 0 Å². The molecule has 2 rings (SSSR count). The van der Waals surface area contributed by atoms with Crippen LogP contribution in [-0.2, 0) is 6.54 Å². The molecular formula is C15H22N4O. The van der Waals surface area contributed by atoms with Gasteiger partial charge in [-0.2, -0.15) is 5.10 Å². The normalized spacial score (nSPS) is 12.4. The van der Waals surface area contributed by atoms with Crippen LogP contribution < -0.4 is 16.0 Å². The van der Waals surface area contributed by atoms with Crippen LogP contribution in [0.15, 0.2) is 30.6 Å². The molecular weight excluding hydrogens is 252 g/mol. The quantitative estimate of drug-likeness (QED) is 0.626. The lowest BCUT2D eigenvalue weighted by Gasteiger charge is -2.18. The molecule has 0 bridgehead atoms. The lowest BCUT2D eigenvalue weighted by atomic mass is 10.00. The van der Waals surface area contributed by atoms with Gasteiger partial charge in [-0.1, -0.05) is 19.1 Å². The Morgan fingerprint density at radius 1 is 1.45 bits per heavy atom. The Bertz CT molecular complexity index is 565. The van der Waals surface area contributed by atoms with Crippen LogP contribution in [0.2, 0.25) is 0 Å². The van der Waals surface area contributed by atoms with E-state index < -0.39 is 0 Å². The van der Waals surface area contributed by atoms with E-state index in [1.807, 2.05) is 36.1 Å². The zero-order chi connectivity index (χ0) is 14.5. The maximum absolute atomic E-state index is 5.74. The lowest BCUT2D eigenvalue weighted by molar-refractivity contribution is 0.404. The van der Waals surface area contributed by atoms with E-state index in [4.69, 9.17) is 10.6 Å². The summed E-state index contributed by atoms with van der Waals surface area (Å²) in [4.78, 5) is 0. The molecule has 5 heteroatoms. The first kappa shape index (κ1) is 14.6. The fourth-order valence-corrected chi connectivity index (χ4v) is 2.30. The minimum Gasteiger partial charge on any atom is -0.496 e. The van der Waals surface area contributed by atoms with Crippen molar-refractivity contribution in [1.82, 2.24) is 15.2 Å². The highest BCUT2D eigenvalue weighted by Crippen LogP contribution is 2.30. The Morgan fingerprint density at radius 2 is 2.25 bits per heavy atom. The van der Waals surface area contributed by atoms with Crippen molar-refractivity contribution in [3.05, 3.63) is 47.3 Å². The lowest BCUT2D eigenvalue weighted by Crippen LogP contribution is -2.29. The Labute approximate surface area is 119 Å². The first-order valence-electron chi connectivity index (χ1n) is 6.82. The third-order valence-electron chi connectivity index (χ3n) is 3.31. The maximum Gasteiger partial charge on any atom is 0.124 e. The van der Waals surface area contributed by atoms with Crippen molar-refractivity contribution in [3.8, 4) is 5.75 Å². The fourth-order valence-electron chi connectivity index (χ4n) is 2.30.